The molecular formula is C12H11NO3. The fraction of sp³-hybridized carbons (Fsp3) is 0.167. The summed E-state index contributed by atoms with van der Waals surface area (Å²) in [7, 11) is 1.60. The van der Waals surface area contributed by atoms with Crippen LogP contribution in [0, 0.1) is 0 Å². The van der Waals surface area contributed by atoms with Crippen LogP contribution >= 0.6 is 0 Å². The number of ketones is 1. The maximum absolute atomic E-state index is 11.3. The molecule has 0 amide bonds. The minimum Gasteiger partial charge on any atom is -0.497 e. The average Bonchev–Trinajstić information content (AvgIpc) is 2.78. The number of Topliss-reactive ketones (excluding diaryl/α,β-unsaturated/α-hetero) is 1. The van der Waals surface area contributed by atoms with E-state index in [9.17, 15) is 4.79 Å². The summed E-state index contributed by atoms with van der Waals surface area (Å²) in [4.78, 5) is 11.3. The topological polar surface area (TPSA) is 52.3 Å². The molecule has 1 aromatic heterocycles. The first-order valence-electron chi connectivity index (χ1n) is 4.82. The van der Waals surface area contributed by atoms with Gasteiger partial charge in [-0.05, 0) is 17.7 Å². The summed E-state index contributed by atoms with van der Waals surface area (Å²) in [6, 6.07) is 7.40. The van der Waals surface area contributed by atoms with Gasteiger partial charge in [-0.25, -0.2) is 0 Å². The van der Waals surface area contributed by atoms with E-state index < -0.39 is 0 Å². The van der Waals surface area contributed by atoms with Crippen molar-refractivity contribution >= 4 is 5.78 Å². The van der Waals surface area contributed by atoms with Crippen LogP contribution in [0.25, 0.3) is 11.1 Å². The van der Waals surface area contributed by atoms with Crippen LogP contribution in [0.1, 0.15) is 17.4 Å². The molecule has 4 nitrogen and oxygen atoms in total. The van der Waals surface area contributed by atoms with E-state index in [0.717, 1.165) is 11.3 Å². The molecule has 0 atom stereocenters. The van der Waals surface area contributed by atoms with Crippen molar-refractivity contribution in [1.82, 2.24) is 5.16 Å². The SMILES string of the molecule is COc1cccc(-c2conc2C(C)=O)c1. The first kappa shape index (κ1) is 10.4. The molecular weight excluding hydrogens is 206 g/mol. The number of carbonyl (C=O) groups excluding carboxylic acids is 1. The van der Waals surface area contributed by atoms with Crippen LogP contribution < -0.4 is 4.74 Å². The number of hydrogen-bond donors (Lipinski definition) is 0. The van der Waals surface area contributed by atoms with Crippen LogP contribution in [0.5, 0.6) is 5.75 Å². The third-order valence-electron chi connectivity index (χ3n) is 2.28. The quantitative estimate of drug-likeness (QED) is 0.741. The van der Waals surface area contributed by atoms with Crippen molar-refractivity contribution in [1.29, 1.82) is 0 Å². The second-order valence-corrected chi connectivity index (χ2v) is 3.36. The molecule has 0 fully saturated rings. The highest BCUT2D eigenvalue weighted by atomic mass is 16.5. The molecule has 4 heteroatoms. The van der Waals surface area contributed by atoms with Gasteiger partial charge >= 0.3 is 0 Å². The first-order valence-corrected chi connectivity index (χ1v) is 4.82. The van der Waals surface area contributed by atoms with E-state index in [4.69, 9.17) is 9.26 Å². The van der Waals surface area contributed by atoms with Gasteiger partial charge in [-0.3, -0.25) is 4.79 Å². The summed E-state index contributed by atoms with van der Waals surface area (Å²) in [6.07, 6.45) is 1.46. The Morgan fingerprint density at radius 1 is 1.44 bits per heavy atom. The molecule has 0 N–H and O–H groups in total. The van der Waals surface area contributed by atoms with E-state index in [-0.39, 0.29) is 5.78 Å². The van der Waals surface area contributed by atoms with Crippen LogP contribution in [0.2, 0.25) is 0 Å². The smallest absolute Gasteiger partial charge is 0.182 e. The fourth-order valence-corrected chi connectivity index (χ4v) is 1.49. The predicted molar refractivity (Wildman–Crippen MR) is 58.5 cm³/mol. The zero-order chi connectivity index (χ0) is 11.5. The molecule has 2 aromatic rings. The monoisotopic (exact) mass is 217 g/mol. The molecule has 0 bridgehead atoms. The van der Waals surface area contributed by atoms with Gasteiger partial charge in [0.15, 0.2) is 11.5 Å². The van der Waals surface area contributed by atoms with E-state index in [1.807, 2.05) is 24.3 Å². The maximum atomic E-state index is 11.3. The highest BCUT2D eigenvalue weighted by molar-refractivity contribution is 5.98. The normalized spacial score (nSPS) is 10.1. The van der Waals surface area contributed by atoms with Gasteiger partial charge in [0.05, 0.1) is 12.7 Å². The number of ether oxygens (including phenoxy) is 1. The molecule has 2 rings (SSSR count). The molecule has 0 unspecified atom stereocenters. The van der Waals surface area contributed by atoms with Crippen LogP contribution in [0.4, 0.5) is 0 Å². The van der Waals surface area contributed by atoms with Crippen molar-refractivity contribution in [3.8, 4) is 16.9 Å². The lowest BCUT2D eigenvalue weighted by atomic mass is 10.0. The fourth-order valence-electron chi connectivity index (χ4n) is 1.49. The molecule has 1 aromatic carbocycles. The van der Waals surface area contributed by atoms with Crippen LogP contribution in [-0.4, -0.2) is 18.0 Å². The van der Waals surface area contributed by atoms with E-state index in [1.54, 1.807) is 7.11 Å². The lowest BCUT2D eigenvalue weighted by Gasteiger charge is -2.02. The third-order valence-corrected chi connectivity index (χ3v) is 2.28. The summed E-state index contributed by atoms with van der Waals surface area (Å²) in [5.74, 6) is 0.611. The Labute approximate surface area is 92.8 Å². The van der Waals surface area contributed by atoms with Crippen LogP contribution in [-0.2, 0) is 0 Å². The van der Waals surface area contributed by atoms with Crippen molar-refractivity contribution in [2.75, 3.05) is 7.11 Å². The highest BCUT2D eigenvalue weighted by Crippen LogP contribution is 2.26. The maximum Gasteiger partial charge on any atom is 0.182 e. The van der Waals surface area contributed by atoms with Gasteiger partial charge in [-0.15, -0.1) is 0 Å². The summed E-state index contributed by atoms with van der Waals surface area (Å²) < 4.78 is 9.94. The number of aromatic nitrogens is 1. The third kappa shape index (κ3) is 1.82. The van der Waals surface area contributed by atoms with E-state index in [1.165, 1.54) is 13.2 Å². The molecule has 1 heterocycles. The minimum atomic E-state index is -0.119. The van der Waals surface area contributed by atoms with Gasteiger partial charge in [0.2, 0.25) is 0 Å². The lowest BCUT2D eigenvalue weighted by Crippen LogP contribution is -1.94. The van der Waals surface area contributed by atoms with Crippen LogP contribution in [0.15, 0.2) is 35.1 Å². The van der Waals surface area contributed by atoms with E-state index in [0.29, 0.717) is 11.3 Å². The Hall–Kier alpha value is -2.10. The van der Waals surface area contributed by atoms with E-state index >= 15 is 0 Å². The summed E-state index contributed by atoms with van der Waals surface area (Å²) in [6.45, 7) is 1.46. The number of methoxy groups -OCH3 is 1. The minimum absolute atomic E-state index is 0.119. The van der Waals surface area contributed by atoms with Gasteiger partial charge in [-0.2, -0.15) is 0 Å². The van der Waals surface area contributed by atoms with Crippen molar-refractivity contribution in [3.05, 3.63) is 36.2 Å². The van der Waals surface area contributed by atoms with Gasteiger partial charge in [0.1, 0.15) is 12.0 Å². The molecule has 0 aliphatic rings. The Kier molecular flexibility index (Phi) is 2.72. The predicted octanol–water partition coefficient (Wildman–Crippen LogP) is 2.55. The van der Waals surface area contributed by atoms with Crippen molar-refractivity contribution in [3.63, 3.8) is 0 Å². The molecule has 0 saturated carbocycles. The van der Waals surface area contributed by atoms with Crippen molar-refractivity contribution in [2.24, 2.45) is 0 Å². The zero-order valence-electron chi connectivity index (χ0n) is 9.06. The standard InChI is InChI=1S/C12H11NO3/c1-8(14)12-11(7-16-13-12)9-4-3-5-10(6-9)15-2/h3-7H,1-2H3. The largest absolute Gasteiger partial charge is 0.497 e. The number of benzene rings is 1. The molecule has 82 valence electrons. The number of nitrogens with zero attached hydrogens (tertiary/aromatic N) is 1. The highest BCUT2D eigenvalue weighted by Gasteiger charge is 2.14. The van der Waals surface area contributed by atoms with Crippen molar-refractivity contribution in [2.45, 2.75) is 6.92 Å². The van der Waals surface area contributed by atoms with Gasteiger partial charge < -0.3 is 9.26 Å². The number of carbonyl (C=O) groups is 1. The second-order valence-electron chi connectivity index (χ2n) is 3.36. The zero-order valence-corrected chi connectivity index (χ0v) is 9.06. The Balaban J connectivity index is 2.50. The molecule has 0 spiro atoms. The molecule has 0 aliphatic carbocycles. The Morgan fingerprint density at radius 2 is 2.25 bits per heavy atom. The van der Waals surface area contributed by atoms with Crippen molar-refractivity contribution < 1.29 is 14.1 Å². The molecule has 0 aliphatic heterocycles. The van der Waals surface area contributed by atoms with Gasteiger partial charge in [-0.1, -0.05) is 17.3 Å². The molecule has 16 heavy (non-hydrogen) atoms. The Bertz CT molecular complexity index is 516. The van der Waals surface area contributed by atoms with Gasteiger partial charge in [0, 0.05) is 6.92 Å². The summed E-state index contributed by atoms with van der Waals surface area (Å²) >= 11 is 0. The average molecular weight is 217 g/mol. The second kappa shape index (κ2) is 4.18. The summed E-state index contributed by atoms with van der Waals surface area (Å²) in [5, 5.41) is 3.68. The van der Waals surface area contributed by atoms with Gasteiger partial charge in [0.25, 0.3) is 0 Å². The summed E-state index contributed by atoms with van der Waals surface area (Å²) in [5.41, 5.74) is 1.88. The number of hydrogen-bond acceptors (Lipinski definition) is 4. The Morgan fingerprint density at radius 3 is 2.94 bits per heavy atom. The first-order chi connectivity index (χ1) is 7.72. The molecule has 0 saturated heterocycles. The van der Waals surface area contributed by atoms with Crippen LogP contribution in [0.3, 0.4) is 0 Å². The van der Waals surface area contributed by atoms with E-state index in [2.05, 4.69) is 5.16 Å². The lowest BCUT2D eigenvalue weighted by molar-refractivity contribution is 0.100. The molecule has 0 radical (unpaired) electrons. The number of rotatable bonds is 3.